The van der Waals surface area contributed by atoms with E-state index in [0.717, 1.165) is 5.56 Å². The zero-order valence-corrected chi connectivity index (χ0v) is 19.8. The van der Waals surface area contributed by atoms with Crippen molar-refractivity contribution in [3.63, 3.8) is 0 Å². The van der Waals surface area contributed by atoms with Gasteiger partial charge in [0.15, 0.2) is 11.5 Å². The van der Waals surface area contributed by atoms with E-state index in [-0.39, 0.29) is 5.43 Å². The lowest BCUT2D eigenvalue weighted by atomic mass is 10.00. The third kappa shape index (κ3) is 4.80. The second-order valence-electron chi connectivity index (χ2n) is 8.47. The predicted molar refractivity (Wildman–Crippen MR) is 138 cm³/mol. The number of nitriles is 1. The standard InChI is InChI=1S/C29H22ClNO4/c1-33-26-4-2-3-21(29(26)34-17-19-5-6-19)11-13-25-27(20-9-7-18(16-31)8-10-20)28(32)23-15-22(30)12-14-24(23)35-25/h2-4,7-15,19H,5-6,17H2,1H3. The molecule has 35 heavy (non-hydrogen) atoms. The summed E-state index contributed by atoms with van der Waals surface area (Å²) in [6, 6.07) is 19.6. The van der Waals surface area contributed by atoms with Crippen LogP contribution in [0.4, 0.5) is 0 Å². The number of benzene rings is 3. The monoisotopic (exact) mass is 483 g/mol. The van der Waals surface area contributed by atoms with Crippen molar-refractivity contribution >= 4 is 34.7 Å². The lowest BCUT2D eigenvalue weighted by Gasteiger charge is -2.13. The van der Waals surface area contributed by atoms with Gasteiger partial charge < -0.3 is 13.9 Å². The molecule has 1 aromatic heterocycles. The van der Waals surface area contributed by atoms with Crippen molar-refractivity contribution in [2.24, 2.45) is 5.92 Å². The fourth-order valence-corrected chi connectivity index (χ4v) is 4.09. The van der Waals surface area contributed by atoms with Crippen LogP contribution in [0.1, 0.15) is 29.7 Å². The summed E-state index contributed by atoms with van der Waals surface area (Å²) in [6.45, 7) is 0.642. The summed E-state index contributed by atoms with van der Waals surface area (Å²) < 4.78 is 17.8. The van der Waals surface area contributed by atoms with Gasteiger partial charge in [-0.2, -0.15) is 5.26 Å². The first-order chi connectivity index (χ1) is 17.1. The lowest BCUT2D eigenvalue weighted by molar-refractivity contribution is 0.280. The first-order valence-corrected chi connectivity index (χ1v) is 11.7. The van der Waals surface area contributed by atoms with E-state index in [2.05, 4.69) is 6.07 Å². The van der Waals surface area contributed by atoms with Crippen LogP contribution in [0.25, 0.3) is 34.2 Å². The number of nitrogens with zero attached hydrogens (tertiary/aromatic N) is 1. The number of fused-ring (bicyclic) bond motifs is 1. The predicted octanol–water partition coefficient (Wildman–Crippen LogP) is 6.95. The van der Waals surface area contributed by atoms with Gasteiger partial charge in [0.2, 0.25) is 5.43 Å². The Labute approximate surface area is 207 Å². The lowest BCUT2D eigenvalue weighted by Crippen LogP contribution is -2.07. The average molecular weight is 484 g/mol. The van der Waals surface area contributed by atoms with Crippen LogP contribution in [-0.2, 0) is 0 Å². The molecule has 174 valence electrons. The van der Waals surface area contributed by atoms with Crippen molar-refractivity contribution in [3.8, 4) is 28.7 Å². The quantitative estimate of drug-likeness (QED) is 0.284. The van der Waals surface area contributed by atoms with E-state index in [9.17, 15) is 4.79 Å². The zero-order chi connectivity index (χ0) is 24.4. The summed E-state index contributed by atoms with van der Waals surface area (Å²) in [6.07, 6.45) is 5.99. The van der Waals surface area contributed by atoms with Crippen LogP contribution in [0, 0.1) is 17.2 Å². The Morgan fingerprint density at radius 3 is 2.63 bits per heavy atom. The molecule has 0 unspecified atom stereocenters. The topological polar surface area (TPSA) is 72.5 Å². The van der Waals surface area contributed by atoms with Gasteiger partial charge in [-0.1, -0.05) is 35.9 Å². The Balaban J connectivity index is 1.64. The number of methoxy groups -OCH3 is 1. The maximum atomic E-state index is 13.6. The SMILES string of the molecule is COc1cccc(C=Cc2oc3ccc(Cl)cc3c(=O)c2-c2ccc(C#N)cc2)c1OCC1CC1. The minimum atomic E-state index is -0.200. The van der Waals surface area contributed by atoms with Crippen molar-refractivity contribution in [2.45, 2.75) is 12.8 Å². The Kier molecular flexibility index (Phi) is 6.31. The molecular weight excluding hydrogens is 462 g/mol. The fraction of sp³-hybridized carbons (Fsp3) is 0.172. The summed E-state index contributed by atoms with van der Waals surface area (Å²) in [5.74, 6) is 2.29. The second-order valence-corrected chi connectivity index (χ2v) is 8.90. The van der Waals surface area contributed by atoms with E-state index in [4.69, 9.17) is 30.8 Å². The number of rotatable bonds is 7. The minimum absolute atomic E-state index is 0.200. The van der Waals surface area contributed by atoms with E-state index in [0.29, 0.717) is 62.5 Å². The molecule has 1 aliphatic rings. The number of ether oxygens (including phenoxy) is 2. The first kappa shape index (κ1) is 22.8. The highest BCUT2D eigenvalue weighted by atomic mass is 35.5. The van der Waals surface area contributed by atoms with Crippen molar-refractivity contribution in [1.29, 1.82) is 5.26 Å². The number of hydrogen-bond donors (Lipinski definition) is 0. The van der Waals surface area contributed by atoms with Gasteiger partial charge in [-0.3, -0.25) is 4.79 Å². The highest BCUT2D eigenvalue weighted by molar-refractivity contribution is 6.31. The second kappa shape index (κ2) is 9.69. The van der Waals surface area contributed by atoms with Gasteiger partial charge in [0.25, 0.3) is 0 Å². The molecule has 5 nitrogen and oxygen atoms in total. The molecule has 0 bridgehead atoms. The number of halogens is 1. The van der Waals surface area contributed by atoms with Crippen LogP contribution in [0.5, 0.6) is 11.5 Å². The molecule has 0 atom stereocenters. The van der Waals surface area contributed by atoms with E-state index in [1.807, 2.05) is 24.3 Å². The first-order valence-electron chi connectivity index (χ1n) is 11.3. The maximum Gasteiger partial charge on any atom is 0.201 e. The maximum absolute atomic E-state index is 13.6. The number of hydrogen-bond acceptors (Lipinski definition) is 5. The molecule has 0 spiro atoms. The van der Waals surface area contributed by atoms with E-state index < -0.39 is 0 Å². The van der Waals surface area contributed by atoms with Gasteiger partial charge in [-0.15, -0.1) is 0 Å². The summed E-state index contributed by atoms with van der Waals surface area (Å²) in [4.78, 5) is 13.6. The fourth-order valence-electron chi connectivity index (χ4n) is 3.92. The third-order valence-electron chi connectivity index (χ3n) is 5.99. The van der Waals surface area contributed by atoms with Crippen LogP contribution in [0.2, 0.25) is 5.02 Å². The van der Waals surface area contributed by atoms with E-state index >= 15 is 0 Å². The molecule has 0 saturated heterocycles. The van der Waals surface area contributed by atoms with E-state index in [1.165, 1.54) is 12.8 Å². The van der Waals surface area contributed by atoms with Crippen LogP contribution in [0.15, 0.2) is 69.9 Å². The molecule has 1 heterocycles. The van der Waals surface area contributed by atoms with Gasteiger partial charge in [0, 0.05) is 10.6 Å². The molecule has 1 aliphatic carbocycles. The third-order valence-corrected chi connectivity index (χ3v) is 6.22. The molecule has 0 aliphatic heterocycles. The van der Waals surface area contributed by atoms with Gasteiger partial charge in [-0.25, -0.2) is 0 Å². The zero-order valence-electron chi connectivity index (χ0n) is 19.1. The minimum Gasteiger partial charge on any atom is -0.493 e. The average Bonchev–Trinajstić information content (AvgIpc) is 3.71. The summed E-state index contributed by atoms with van der Waals surface area (Å²) in [7, 11) is 1.61. The smallest absolute Gasteiger partial charge is 0.201 e. The Hall–Kier alpha value is -4.01. The van der Waals surface area contributed by atoms with Gasteiger partial charge >= 0.3 is 0 Å². The molecule has 4 aromatic rings. The molecule has 0 N–H and O–H groups in total. The highest BCUT2D eigenvalue weighted by Gasteiger charge is 2.23. The molecule has 1 fully saturated rings. The largest absolute Gasteiger partial charge is 0.493 e. The molecule has 0 amide bonds. The summed E-state index contributed by atoms with van der Waals surface area (Å²) in [5.41, 5.74) is 2.60. The summed E-state index contributed by atoms with van der Waals surface area (Å²) in [5, 5.41) is 10.0. The molecule has 0 radical (unpaired) electrons. The van der Waals surface area contributed by atoms with Crippen LogP contribution >= 0.6 is 11.6 Å². The molecular formula is C29H22ClNO4. The van der Waals surface area contributed by atoms with Gasteiger partial charge in [-0.05, 0) is 72.9 Å². The molecule has 3 aromatic carbocycles. The Bertz CT molecular complexity index is 1530. The van der Waals surface area contributed by atoms with Gasteiger partial charge in [0.05, 0.1) is 36.3 Å². The molecule has 5 rings (SSSR count). The van der Waals surface area contributed by atoms with Gasteiger partial charge in [0.1, 0.15) is 11.3 Å². The van der Waals surface area contributed by atoms with Crippen molar-refractivity contribution < 1.29 is 13.9 Å². The van der Waals surface area contributed by atoms with Crippen LogP contribution in [0.3, 0.4) is 0 Å². The molecule has 6 heteroatoms. The Morgan fingerprint density at radius 2 is 1.91 bits per heavy atom. The van der Waals surface area contributed by atoms with Crippen LogP contribution in [-0.4, -0.2) is 13.7 Å². The summed E-state index contributed by atoms with van der Waals surface area (Å²) >= 11 is 6.16. The number of para-hydroxylation sites is 1. The normalized spacial score (nSPS) is 13.2. The van der Waals surface area contributed by atoms with E-state index in [1.54, 1.807) is 55.7 Å². The van der Waals surface area contributed by atoms with Crippen molar-refractivity contribution in [3.05, 3.63) is 92.8 Å². The van der Waals surface area contributed by atoms with Crippen molar-refractivity contribution in [2.75, 3.05) is 13.7 Å². The van der Waals surface area contributed by atoms with Crippen molar-refractivity contribution in [1.82, 2.24) is 0 Å². The molecule has 1 saturated carbocycles. The highest BCUT2D eigenvalue weighted by Crippen LogP contribution is 2.36. The Morgan fingerprint density at radius 1 is 1.11 bits per heavy atom. The van der Waals surface area contributed by atoms with Crippen LogP contribution < -0.4 is 14.9 Å².